The number of aromatic nitrogens is 2. The number of thiophene rings is 1. The number of hydrogen-bond donors (Lipinski definition) is 1. The van der Waals surface area contributed by atoms with Crippen LogP contribution in [0.5, 0.6) is 0 Å². The number of hydrogen-bond acceptors (Lipinski definition) is 3. The van der Waals surface area contributed by atoms with Crippen LogP contribution in [0.4, 0.5) is 5.82 Å². The zero-order chi connectivity index (χ0) is 15.4. The van der Waals surface area contributed by atoms with Crippen LogP contribution in [-0.2, 0) is 4.79 Å². The summed E-state index contributed by atoms with van der Waals surface area (Å²) in [6.07, 6.45) is 6.10. The summed E-state index contributed by atoms with van der Waals surface area (Å²) in [5.41, 5.74) is 1.07. The molecule has 0 fully saturated rings. The molecular weight excluding hydrogens is 294 g/mol. The van der Waals surface area contributed by atoms with Gasteiger partial charge in [-0.3, -0.25) is 4.79 Å². The Bertz CT molecular complexity index is 684. The van der Waals surface area contributed by atoms with Crippen LogP contribution in [-0.4, -0.2) is 15.5 Å². The topological polar surface area (TPSA) is 46.9 Å². The SMILES string of the molecule is Cc1ccc(NC(=O)CC(c2cccs2)n2cccc2)nc1. The molecule has 3 heterocycles. The molecule has 0 aliphatic heterocycles. The van der Waals surface area contributed by atoms with Gasteiger partial charge in [0.1, 0.15) is 5.82 Å². The van der Waals surface area contributed by atoms with Crippen LogP contribution in [0.15, 0.2) is 60.4 Å². The highest BCUT2D eigenvalue weighted by atomic mass is 32.1. The summed E-state index contributed by atoms with van der Waals surface area (Å²) >= 11 is 1.66. The van der Waals surface area contributed by atoms with Gasteiger partial charge in [-0.25, -0.2) is 4.98 Å². The first-order valence-corrected chi connectivity index (χ1v) is 7.99. The first kappa shape index (κ1) is 14.5. The van der Waals surface area contributed by atoms with Crippen molar-refractivity contribution < 1.29 is 4.79 Å². The average molecular weight is 311 g/mol. The maximum Gasteiger partial charge on any atom is 0.227 e. The van der Waals surface area contributed by atoms with Crippen LogP contribution in [0.2, 0.25) is 0 Å². The molecule has 5 heteroatoms. The average Bonchev–Trinajstić information content (AvgIpc) is 3.21. The van der Waals surface area contributed by atoms with Gasteiger partial charge in [0.25, 0.3) is 0 Å². The standard InChI is InChI=1S/C17H17N3OS/c1-13-6-7-16(18-12-13)19-17(21)11-14(15-5-4-10-22-15)20-8-2-3-9-20/h2-10,12,14H,11H2,1H3,(H,18,19,21). The summed E-state index contributed by atoms with van der Waals surface area (Å²) in [6, 6.07) is 11.8. The van der Waals surface area contributed by atoms with Crippen LogP contribution >= 0.6 is 11.3 Å². The summed E-state index contributed by atoms with van der Waals surface area (Å²) in [4.78, 5) is 17.7. The Morgan fingerprint density at radius 2 is 2.09 bits per heavy atom. The van der Waals surface area contributed by atoms with Crippen molar-refractivity contribution in [3.63, 3.8) is 0 Å². The van der Waals surface area contributed by atoms with Crippen LogP contribution in [0, 0.1) is 6.92 Å². The van der Waals surface area contributed by atoms with Crippen molar-refractivity contribution in [2.45, 2.75) is 19.4 Å². The number of rotatable bonds is 5. The lowest BCUT2D eigenvalue weighted by atomic mass is 10.1. The summed E-state index contributed by atoms with van der Waals surface area (Å²) in [6.45, 7) is 1.97. The van der Waals surface area contributed by atoms with Crippen LogP contribution in [0.1, 0.15) is 22.9 Å². The molecule has 0 radical (unpaired) electrons. The van der Waals surface area contributed by atoms with Crippen molar-refractivity contribution in [1.29, 1.82) is 0 Å². The molecule has 0 spiro atoms. The maximum atomic E-state index is 12.3. The maximum absolute atomic E-state index is 12.3. The Morgan fingerprint density at radius 3 is 2.73 bits per heavy atom. The van der Waals surface area contributed by atoms with Crippen LogP contribution in [0.3, 0.4) is 0 Å². The molecule has 22 heavy (non-hydrogen) atoms. The number of aryl methyl sites for hydroxylation is 1. The molecule has 0 saturated carbocycles. The normalized spacial score (nSPS) is 12.0. The van der Waals surface area contributed by atoms with E-state index < -0.39 is 0 Å². The third-order valence-corrected chi connectivity index (χ3v) is 4.39. The molecule has 3 rings (SSSR count). The van der Waals surface area contributed by atoms with E-state index in [2.05, 4.69) is 20.9 Å². The van der Waals surface area contributed by atoms with E-state index in [1.165, 1.54) is 4.88 Å². The minimum Gasteiger partial charge on any atom is -0.346 e. The van der Waals surface area contributed by atoms with Gasteiger partial charge in [-0.2, -0.15) is 0 Å². The predicted octanol–water partition coefficient (Wildman–Crippen LogP) is 3.87. The van der Waals surface area contributed by atoms with Gasteiger partial charge in [0, 0.05) is 23.5 Å². The van der Waals surface area contributed by atoms with E-state index in [-0.39, 0.29) is 11.9 Å². The van der Waals surface area contributed by atoms with E-state index in [0.717, 1.165) is 5.56 Å². The fourth-order valence-electron chi connectivity index (χ4n) is 2.30. The van der Waals surface area contributed by atoms with E-state index in [1.807, 2.05) is 55.0 Å². The quantitative estimate of drug-likeness (QED) is 0.777. The molecule has 0 bridgehead atoms. The fourth-order valence-corrected chi connectivity index (χ4v) is 3.13. The summed E-state index contributed by atoms with van der Waals surface area (Å²) in [5, 5.41) is 4.90. The van der Waals surface area contributed by atoms with E-state index >= 15 is 0 Å². The van der Waals surface area contributed by atoms with Crippen molar-refractivity contribution in [1.82, 2.24) is 9.55 Å². The van der Waals surface area contributed by atoms with Crippen molar-refractivity contribution in [2.24, 2.45) is 0 Å². The molecule has 1 unspecified atom stereocenters. The first-order chi connectivity index (χ1) is 10.7. The van der Waals surface area contributed by atoms with E-state index in [9.17, 15) is 4.79 Å². The number of nitrogens with one attached hydrogen (secondary N) is 1. The second kappa shape index (κ2) is 6.58. The first-order valence-electron chi connectivity index (χ1n) is 7.11. The highest BCUT2D eigenvalue weighted by Crippen LogP contribution is 2.26. The van der Waals surface area contributed by atoms with Crippen molar-refractivity contribution in [3.8, 4) is 0 Å². The van der Waals surface area contributed by atoms with Crippen LogP contribution < -0.4 is 5.32 Å². The molecule has 0 saturated heterocycles. The number of amides is 1. The Morgan fingerprint density at radius 1 is 1.27 bits per heavy atom. The van der Waals surface area contributed by atoms with Gasteiger partial charge in [-0.05, 0) is 42.1 Å². The van der Waals surface area contributed by atoms with Gasteiger partial charge in [-0.15, -0.1) is 11.3 Å². The molecule has 0 aliphatic carbocycles. The number of nitrogens with zero attached hydrogens (tertiary/aromatic N) is 2. The molecule has 1 atom stereocenters. The zero-order valence-corrected chi connectivity index (χ0v) is 13.1. The Balaban J connectivity index is 1.73. The smallest absolute Gasteiger partial charge is 0.227 e. The molecule has 4 nitrogen and oxygen atoms in total. The second-order valence-corrected chi connectivity index (χ2v) is 6.11. The third kappa shape index (κ3) is 3.43. The number of carbonyl (C=O) groups is 1. The molecule has 1 amide bonds. The monoisotopic (exact) mass is 311 g/mol. The largest absolute Gasteiger partial charge is 0.346 e. The molecule has 1 N–H and O–H groups in total. The van der Waals surface area contributed by atoms with Gasteiger partial charge in [0.05, 0.1) is 12.5 Å². The zero-order valence-electron chi connectivity index (χ0n) is 12.3. The highest BCUT2D eigenvalue weighted by Gasteiger charge is 2.18. The van der Waals surface area contributed by atoms with Crippen molar-refractivity contribution in [3.05, 3.63) is 70.8 Å². The molecule has 3 aromatic rings. The van der Waals surface area contributed by atoms with Gasteiger partial charge in [-0.1, -0.05) is 12.1 Å². The van der Waals surface area contributed by atoms with Crippen LogP contribution in [0.25, 0.3) is 0 Å². The van der Waals surface area contributed by atoms with Crippen molar-refractivity contribution >= 4 is 23.1 Å². The van der Waals surface area contributed by atoms with E-state index in [4.69, 9.17) is 0 Å². The molecule has 0 aliphatic rings. The summed E-state index contributed by atoms with van der Waals surface area (Å²) < 4.78 is 2.06. The fraction of sp³-hybridized carbons (Fsp3) is 0.176. The van der Waals surface area contributed by atoms with E-state index in [1.54, 1.807) is 17.5 Å². The number of carbonyl (C=O) groups excluding carboxylic acids is 1. The molecule has 112 valence electrons. The molecular formula is C17H17N3OS. The Labute approximate surface area is 133 Å². The van der Waals surface area contributed by atoms with E-state index in [0.29, 0.717) is 12.2 Å². The lowest BCUT2D eigenvalue weighted by Crippen LogP contribution is -2.19. The van der Waals surface area contributed by atoms with Gasteiger partial charge >= 0.3 is 0 Å². The predicted molar refractivity (Wildman–Crippen MR) is 89.1 cm³/mol. The van der Waals surface area contributed by atoms with Gasteiger partial charge in [0.2, 0.25) is 5.91 Å². The third-order valence-electron chi connectivity index (χ3n) is 3.42. The van der Waals surface area contributed by atoms with Crippen molar-refractivity contribution in [2.75, 3.05) is 5.32 Å². The Kier molecular flexibility index (Phi) is 4.34. The summed E-state index contributed by atoms with van der Waals surface area (Å²) in [5.74, 6) is 0.552. The lowest BCUT2D eigenvalue weighted by Gasteiger charge is -2.17. The minimum atomic E-state index is -0.0385. The highest BCUT2D eigenvalue weighted by molar-refractivity contribution is 7.10. The second-order valence-electron chi connectivity index (χ2n) is 5.13. The Hall–Kier alpha value is -2.40. The molecule has 3 aromatic heterocycles. The minimum absolute atomic E-state index is 0.0143. The number of pyridine rings is 1. The lowest BCUT2D eigenvalue weighted by molar-refractivity contribution is -0.116. The van der Waals surface area contributed by atoms with Gasteiger partial charge < -0.3 is 9.88 Å². The number of anilines is 1. The molecule has 0 aromatic carbocycles. The summed E-state index contributed by atoms with van der Waals surface area (Å²) in [7, 11) is 0. The van der Waals surface area contributed by atoms with Gasteiger partial charge in [0.15, 0.2) is 0 Å².